The van der Waals surface area contributed by atoms with E-state index in [1.54, 1.807) is 127 Å². The van der Waals surface area contributed by atoms with E-state index in [4.69, 9.17) is 90.5 Å². The molecule has 17 heteroatoms. The summed E-state index contributed by atoms with van der Waals surface area (Å²) in [6, 6.07) is 72.4. The van der Waals surface area contributed by atoms with Crippen LogP contribution in [-0.2, 0) is 0 Å². The lowest BCUT2D eigenvalue weighted by molar-refractivity contribution is 0.120. The molecular weight excluding hydrogens is 1080 g/mol. The fourth-order valence-corrected chi connectivity index (χ4v) is 6.49. The SMILES string of the molecule is C.C.C.C.C.C.Nc1ccc(OCCOc2ccc(N)cc2)cc1.Nc1ccc(OCOc2ccc(N)cc2)cc1.Nc1ccc(Oc2ccc(N)cc2)cc1.Nc1ccc(Oc2cccc(N)c2)cc1.Nc1cccc(Oc2cccc(N)c2)c1. The average Bonchev–Trinajstić information content (AvgIpc) is 3.68. The summed E-state index contributed by atoms with van der Waals surface area (Å²) in [6.45, 7) is 1.11. The van der Waals surface area contributed by atoms with E-state index in [2.05, 4.69) is 0 Å². The Morgan fingerprint density at radius 3 is 0.593 bits per heavy atom. The number of nitrogen functional groups attached to an aromatic ring is 10. The summed E-state index contributed by atoms with van der Waals surface area (Å²) >= 11 is 0. The molecule has 0 heterocycles. The van der Waals surface area contributed by atoms with Gasteiger partial charge in [-0.1, -0.05) is 62.8 Å². The van der Waals surface area contributed by atoms with E-state index in [1.807, 2.05) is 115 Å². The number of hydrogen-bond donors (Lipinski definition) is 10. The van der Waals surface area contributed by atoms with Gasteiger partial charge in [0.2, 0.25) is 6.79 Å². The van der Waals surface area contributed by atoms with Crippen molar-refractivity contribution in [3.63, 3.8) is 0 Å². The van der Waals surface area contributed by atoms with Crippen molar-refractivity contribution in [2.24, 2.45) is 0 Å². The zero-order valence-corrected chi connectivity index (χ0v) is 43.8. The normalized spacial score (nSPS) is 9.21. The van der Waals surface area contributed by atoms with Crippen molar-refractivity contribution in [2.45, 2.75) is 44.6 Å². The van der Waals surface area contributed by atoms with Crippen molar-refractivity contribution in [1.29, 1.82) is 0 Å². The molecule has 10 aromatic carbocycles. The highest BCUT2D eigenvalue weighted by Crippen LogP contribution is 2.27. The van der Waals surface area contributed by atoms with Gasteiger partial charge in [-0.15, -0.1) is 0 Å². The molecule has 10 aromatic rings. The molecule has 0 aliphatic heterocycles. The third kappa shape index (κ3) is 29.0. The first-order valence-corrected chi connectivity index (χ1v) is 24.8. The zero-order chi connectivity index (χ0) is 56.9. The molecule has 0 bridgehead atoms. The molecular formula is C69H90N10O7. The first-order valence-electron chi connectivity index (χ1n) is 24.8. The van der Waals surface area contributed by atoms with Crippen molar-refractivity contribution < 1.29 is 33.2 Å². The monoisotopic (exact) mass is 1170 g/mol. The molecule has 0 radical (unpaired) electrons. The van der Waals surface area contributed by atoms with Crippen LogP contribution in [0, 0.1) is 0 Å². The number of ether oxygens (including phenoxy) is 7. The summed E-state index contributed by atoms with van der Waals surface area (Å²) in [7, 11) is 0. The molecule has 0 fully saturated rings. The second-order valence-corrected chi connectivity index (χ2v) is 17.1. The fourth-order valence-electron chi connectivity index (χ4n) is 6.49. The molecule has 0 aliphatic carbocycles. The minimum Gasteiger partial charge on any atom is -0.490 e. The first-order chi connectivity index (χ1) is 38.7. The molecule has 0 aromatic heterocycles. The van der Waals surface area contributed by atoms with E-state index < -0.39 is 0 Å². The Hall–Kier alpha value is -11.2. The van der Waals surface area contributed by atoms with Gasteiger partial charge in [0.05, 0.1) is 0 Å². The van der Waals surface area contributed by atoms with Gasteiger partial charge in [-0.25, -0.2) is 0 Å². The standard InChI is InChI=1S/C14H16N2O2.C13H14N2O2.3C12H12N2O.6CH4/c15-11-1-5-13(6-2-11)17-9-10-18-14-7-3-12(16)4-8-14;14-10-1-5-12(6-2-10)16-9-17-13-7-3-11(15)4-8-13;13-9-1-5-11(6-2-9)15-12-7-3-10(14)4-8-12;13-9-3-1-5-11(7-9)15-12-6-2-4-10(14)8-12;13-9-4-6-11(7-5-9)15-12-3-1-2-10(14)8-12;;;;;;/h1-8H,9-10,15-16H2;1-8H,9,14-15H2;3*1-8H,13-14H2;6*1H4. The Morgan fingerprint density at radius 2 is 0.372 bits per heavy atom. The minimum absolute atomic E-state index is 0. The predicted molar refractivity (Wildman–Crippen MR) is 366 cm³/mol. The van der Waals surface area contributed by atoms with E-state index in [-0.39, 0.29) is 51.4 Å². The molecule has 20 N–H and O–H groups in total. The quantitative estimate of drug-likeness (QED) is 0.0259. The average molecular weight is 1170 g/mol. The van der Waals surface area contributed by atoms with E-state index >= 15 is 0 Å². The molecule has 0 saturated carbocycles. The third-order valence-electron chi connectivity index (χ3n) is 10.5. The van der Waals surface area contributed by atoms with Crippen LogP contribution in [0.3, 0.4) is 0 Å². The summed E-state index contributed by atoms with van der Waals surface area (Å²) < 4.78 is 38.5. The molecule has 17 nitrogen and oxygen atoms in total. The number of benzene rings is 10. The summed E-state index contributed by atoms with van der Waals surface area (Å²) in [4.78, 5) is 0. The molecule has 0 aliphatic rings. The second kappa shape index (κ2) is 40.1. The van der Waals surface area contributed by atoms with Gasteiger partial charge in [-0.3, -0.25) is 0 Å². The molecule has 0 amide bonds. The Morgan fingerprint density at radius 1 is 0.186 bits per heavy atom. The molecule has 458 valence electrons. The fraction of sp³-hybridized carbons (Fsp3) is 0.130. The Bertz CT molecular complexity index is 3180. The number of nitrogens with two attached hydrogens (primary N) is 10. The van der Waals surface area contributed by atoms with E-state index in [1.165, 1.54) is 0 Å². The van der Waals surface area contributed by atoms with Gasteiger partial charge < -0.3 is 90.5 Å². The van der Waals surface area contributed by atoms with Crippen molar-refractivity contribution in [2.75, 3.05) is 77.3 Å². The summed E-state index contributed by atoms with van der Waals surface area (Å²) in [6.07, 6.45) is 0. The number of anilines is 10. The number of hydrogen-bond acceptors (Lipinski definition) is 17. The van der Waals surface area contributed by atoms with Crippen molar-refractivity contribution in [3.8, 4) is 57.5 Å². The molecule has 0 unspecified atom stereocenters. The van der Waals surface area contributed by atoms with Gasteiger partial charge in [-0.2, -0.15) is 0 Å². The lowest BCUT2D eigenvalue weighted by atomic mass is 10.3. The van der Waals surface area contributed by atoms with Crippen LogP contribution >= 0.6 is 0 Å². The van der Waals surface area contributed by atoms with Crippen molar-refractivity contribution in [1.82, 2.24) is 0 Å². The van der Waals surface area contributed by atoms with Gasteiger partial charge in [0.1, 0.15) is 70.7 Å². The highest BCUT2D eigenvalue weighted by atomic mass is 16.7. The van der Waals surface area contributed by atoms with Crippen LogP contribution in [0.2, 0.25) is 0 Å². The zero-order valence-electron chi connectivity index (χ0n) is 43.8. The Labute approximate surface area is 509 Å². The molecule has 0 spiro atoms. The van der Waals surface area contributed by atoms with Gasteiger partial charge >= 0.3 is 0 Å². The van der Waals surface area contributed by atoms with Crippen molar-refractivity contribution >= 4 is 56.9 Å². The maximum absolute atomic E-state index is 5.64. The van der Waals surface area contributed by atoms with E-state index in [9.17, 15) is 0 Å². The topological polar surface area (TPSA) is 325 Å². The summed E-state index contributed by atoms with van der Waals surface area (Å²) in [5.74, 6) is 7.40. The van der Waals surface area contributed by atoms with Gasteiger partial charge in [-0.05, 0) is 206 Å². The lowest BCUT2D eigenvalue weighted by Crippen LogP contribution is -2.08. The first kappa shape index (κ1) is 74.8. The van der Waals surface area contributed by atoms with E-state index in [0.29, 0.717) is 53.1 Å². The van der Waals surface area contributed by atoms with Crippen LogP contribution in [0.4, 0.5) is 56.9 Å². The summed E-state index contributed by atoms with van der Waals surface area (Å²) in [5.41, 5.74) is 63.0. The smallest absolute Gasteiger partial charge is 0.230 e. The van der Waals surface area contributed by atoms with E-state index in [0.717, 1.165) is 74.4 Å². The highest BCUT2D eigenvalue weighted by molar-refractivity contribution is 5.51. The van der Waals surface area contributed by atoms with Crippen LogP contribution in [0.1, 0.15) is 44.6 Å². The predicted octanol–water partition coefficient (Wildman–Crippen LogP) is 16.3. The second-order valence-electron chi connectivity index (χ2n) is 17.1. The minimum atomic E-state index is 0. The van der Waals surface area contributed by atoms with Crippen LogP contribution < -0.4 is 90.5 Å². The third-order valence-corrected chi connectivity index (χ3v) is 10.5. The van der Waals surface area contributed by atoms with Gasteiger partial charge in [0, 0.05) is 75.1 Å². The Balaban J connectivity index is 0.00000103. The summed E-state index contributed by atoms with van der Waals surface area (Å²) in [5, 5.41) is 0. The largest absolute Gasteiger partial charge is 0.490 e. The van der Waals surface area contributed by atoms with Crippen LogP contribution in [0.25, 0.3) is 0 Å². The van der Waals surface area contributed by atoms with Crippen LogP contribution in [-0.4, -0.2) is 20.0 Å². The molecule has 86 heavy (non-hydrogen) atoms. The molecule has 10 rings (SSSR count). The maximum Gasteiger partial charge on any atom is 0.230 e. The highest BCUT2D eigenvalue weighted by Gasteiger charge is 2.02. The maximum atomic E-state index is 5.64. The lowest BCUT2D eigenvalue weighted by Gasteiger charge is -2.08. The van der Waals surface area contributed by atoms with Gasteiger partial charge in [0.25, 0.3) is 0 Å². The molecule has 0 saturated heterocycles. The van der Waals surface area contributed by atoms with Crippen molar-refractivity contribution in [3.05, 3.63) is 243 Å². The number of rotatable bonds is 15. The Kier molecular flexibility index (Phi) is 34.9. The molecule has 0 atom stereocenters. The van der Waals surface area contributed by atoms with Gasteiger partial charge in [0.15, 0.2) is 0 Å². The van der Waals surface area contributed by atoms with Crippen LogP contribution in [0.15, 0.2) is 243 Å². The van der Waals surface area contributed by atoms with Crippen LogP contribution in [0.5, 0.6) is 57.5 Å².